The smallest absolute Gasteiger partial charge is 0.226 e. The molecule has 1 fully saturated rings. The summed E-state index contributed by atoms with van der Waals surface area (Å²) in [4.78, 5) is 24.1. The van der Waals surface area contributed by atoms with Crippen molar-refractivity contribution in [3.8, 4) is 17.1 Å². The van der Waals surface area contributed by atoms with Gasteiger partial charge in [-0.3, -0.25) is 4.79 Å². The Morgan fingerprint density at radius 2 is 2.23 bits per heavy atom. The Hall–Kier alpha value is -3.42. The molecular formula is C23H27N5O3. The maximum atomic E-state index is 12.9. The minimum absolute atomic E-state index is 0.0535. The molecule has 1 aliphatic rings. The predicted octanol–water partition coefficient (Wildman–Crippen LogP) is 3.24. The molecule has 3 heterocycles. The number of pyridine rings is 1. The van der Waals surface area contributed by atoms with Gasteiger partial charge in [-0.2, -0.15) is 4.98 Å². The van der Waals surface area contributed by atoms with Crippen molar-refractivity contribution in [2.45, 2.75) is 32.7 Å². The molecule has 4 rings (SSSR count). The number of piperidine rings is 1. The van der Waals surface area contributed by atoms with Crippen LogP contribution in [0, 0.1) is 5.92 Å². The van der Waals surface area contributed by atoms with E-state index in [1.807, 2.05) is 43.3 Å². The van der Waals surface area contributed by atoms with E-state index in [2.05, 4.69) is 25.3 Å². The molecule has 2 aromatic heterocycles. The van der Waals surface area contributed by atoms with Gasteiger partial charge in [0.15, 0.2) is 0 Å². The summed E-state index contributed by atoms with van der Waals surface area (Å²) >= 11 is 0. The Kier molecular flexibility index (Phi) is 6.45. The maximum Gasteiger partial charge on any atom is 0.226 e. The Balaban J connectivity index is 1.44. The lowest BCUT2D eigenvalue weighted by Gasteiger charge is -2.33. The lowest BCUT2D eigenvalue weighted by atomic mass is 9.96. The molecule has 0 aliphatic carbocycles. The number of carbonyl (C=O) groups is 1. The molecule has 0 bridgehead atoms. The number of amides is 1. The minimum atomic E-state index is -0.106. The Morgan fingerprint density at radius 3 is 3.03 bits per heavy atom. The lowest BCUT2D eigenvalue weighted by Crippen LogP contribution is -2.43. The van der Waals surface area contributed by atoms with Gasteiger partial charge in [-0.15, -0.1) is 0 Å². The molecule has 1 saturated heterocycles. The predicted molar refractivity (Wildman–Crippen MR) is 117 cm³/mol. The summed E-state index contributed by atoms with van der Waals surface area (Å²) in [6.07, 6.45) is 4.21. The number of aromatic nitrogens is 3. The van der Waals surface area contributed by atoms with Crippen molar-refractivity contribution in [2.75, 3.05) is 25.1 Å². The van der Waals surface area contributed by atoms with Crippen LogP contribution in [0.2, 0.25) is 0 Å². The number of nitrogens with zero attached hydrogens (tertiary/aromatic N) is 4. The molecule has 8 nitrogen and oxygen atoms in total. The van der Waals surface area contributed by atoms with Crippen LogP contribution < -0.4 is 15.0 Å². The number of hydrogen-bond donors (Lipinski definition) is 1. The Morgan fingerprint density at radius 1 is 1.32 bits per heavy atom. The minimum Gasteiger partial charge on any atom is -0.497 e. The first-order chi connectivity index (χ1) is 15.2. The summed E-state index contributed by atoms with van der Waals surface area (Å²) in [5.74, 6) is 2.65. The number of hydrogen-bond acceptors (Lipinski definition) is 7. The molecule has 1 atom stereocenters. The van der Waals surface area contributed by atoms with Gasteiger partial charge in [0.2, 0.25) is 17.6 Å². The van der Waals surface area contributed by atoms with Crippen molar-refractivity contribution in [3.05, 3.63) is 54.0 Å². The van der Waals surface area contributed by atoms with Crippen LogP contribution in [-0.4, -0.2) is 41.2 Å². The van der Waals surface area contributed by atoms with Crippen molar-refractivity contribution in [3.63, 3.8) is 0 Å². The molecule has 0 spiro atoms. The molecule has 0 unspecified atom stereocenters. The van der Waals surface area contributed by atoms with Crippen molar-refractivity contribution in [1.82, 2.24) is 20.4 Å². The van der Waals surface area contributed by atoms with E-state index in [0.717, 1.165) is 42.1 Å². The quantitative estimate of drug-likeness (QED) is 0.626. The van der Waals surface area contributed by atoms with Gasteiger partial charge in [0.05, 0.1) is 18.6 Å². The summed E-state index contributed by atoms with van der Waals surface area (Å²) in [5.41, 5.74) is 1.83. The summed E-state index contributed by atoms with van der Waals surface area (Å²) in [6.45, 7) is 3.89. The zero-order valence-corrected chi connectivity index (χ0v) is 17.9. The fourth-order valence-electron chi connectivity index (χ4n) is 3.83. The number of anilines is 1. The molecule has 1 aliphatic heterocycles. The average molecular weight is 422 g/mol. The molecule has 1 N–H and O–H groups in total. The van der Waals surface area contributed by atoms with Crippen LogP contribution in [0.15, 0.2) is 47.1 Å². The third-order valence-electron chi connectivity index (χ3n) is 5.49. The first-order valence-electron chi connectivity index (χ1n) is 10.6. The van der Waals surface area contributed by atoms with Crippen LogP contribution in [0.25, 0.3) is 11.4 Å². The van der Waals surface area contributed by atoms with E-state index in [1.165, 1.54) is 0 Å². The summed E-state index contributed by atoms with van der Waals surface area (Å²) in [5, 5.41) is 7.17. The zero-order valence-electron chi connectivity index (χ0n) is 17.9. The van der Waals surface area contributed by atoms with Gasteiger partial charge >= 0.3 is 0 Å². The number of rotatable bonds is 7. The normalized spacial score (nSPS) is 16.2. The van der Waals surface area contributed by atoms with E-state index in [0.29, 0.717) is 31.2 Å². The molecule has 1 amide bonds. The summed E-state index contributed by atoms with van der Waals surface area (Å²) < 4.78 is 10.5. The van der Waals surface area contributed by atoms with Crippen LogP contribution in [0.1, 0.15) is 31.2 Å². The van der Waals surface area contributed by atoms with Gasteiger partial charge in [-0.05, 0) is 42.7 Å². The first kappa shape index (κ1) is 20.8. The van der Waals surface area contributed by atoms with Crippen LogP contribution in [0.4, 0.5) is 5.82 Å². The lowest BCUT2D eigenvalue weighted by molar-refractivity contribution is -0.125. The average Bonchev–Trinajstić information content (AvgIpc) is 3.32. The number of nitrogens with one attached hydrogen (secondary N) is 1. The largest absolute Gasteiger partial charge is 0.497 e. The van der Waals surface area contributed by atoms with Crippen LogP contribution >= 0.6 is 0 Å². The van der Waals surface area contributed by atoms with Crippen LogP contribution in [0.5, 0.6) is 5.75 Å². The van der Waals surface area contributed by atoms with Crippen LogP contribution in [0.3, 0.4) is 0 Å². The standard InChI is InChI=1S/C23H27N5O3/c1-3-20-26-21(27-31-20)19-10-5-11-24-22(19)28-12-6-8-17(15-28)23(29)25-14-16-7-4-9-18(13-16)30-2/h4-5,7,9-11,13,17H,3,6,8,12,14-15H2,1-2H3,(H,25,29)/t17-/m1/s1. The fraction of sp³-hybridized carbons (Fsp3) is 0.391. The number of ether oxygens (including phenoxy) is 1. The topological polar surface area (TPSA) is 93.4 Å². The van der Waals surface area contributed by atoms with Gasteiger partial charge in [0, 0.05) is 32.3 Å². The van der Waals surface area contributed by atoms with Crippen molar-refractivity contribution >= 4 is 11.7 Å². The Bertz CT molecular complexity index is 1040. The number of benzene rings is 1. The molecule has 162 valence electrons. The van der Waals surface area contributed by atoms with Crippen LogP contribution in [-0.2, 0) is 17.8 Å². The molecule has 0 radical (unpaired) electrons. The van der Waals surface area contributed by atoms with Crippen molar-refractivity contribution in [2.24, 2.45) is 5.92 Å². The molecule has 8 heteroatoms. The maximum absolute atomic E-state index is 12.9. The third kappa shape index (κ3) is 4.84. The van der Waals surface area contributed by atoms with Crippen molar-refractivity contribution < 1.29 is 14.1 Å². The highest BCUT2D eigenvalue weighted by Gasteiger charge is 2.28. The molecule has 31 heavy (non-hydrogen) atoms. The Labute approximate surface area is 181 Å². The third-order valence-corrected chi connectivity index (χ3v) is 5.49. The van der Waals surface area contributed by atoms with E-state index in [9.17, 15) is 4.79 Å². The summed E-state index contributed by atoms with van der Waals surface area (Å²) in [6, 6.07) is 11.5. The van der Waals surface area contributed by atoms with Gasteiger partial charge in [0.25, 0.3) is 0 Å². The molecule has 1 aromatic carbocycles. The van der Waals surface area contributed by atoms with E-state index >= 15 is 0 Å². The zero-order chi connectivity index (χ0) is 21.6. The second-order valence-electron chi connectivity index (χ2n) is 7.59. The number of carbonyl (C=O) groups excluding carboxylic acids is 1. The number of aryl methyl sites for hydroxylation is 1. The fourth-order valence-corrected chi connectivity index (χ4v) is 3.83. The van der Waals surface area contributed by atoms with Gasteiger partial charge in [0.1, 0.15) is 11.6 Å². The van der Waals surface area contributed by atoms with E-state index in [-0.39, 0.29) is 11.8 Å². The highest BCUT2D eigenvalue weighted by atomic mass is 16.5. The molecular weight excluding hydrogens is 394 g/mol. The second-order valence-corrected chi connectivity index (χ2v) is 7.59. The van der Waals surface area contributed by atoms with Gasteiger partial charge in [-0.25, -0.2) is 4.98 Å². The SMILES string of the molecule is CCc1nc(-c2cccnc2N2CCC[C@@H](C(=O)NCc3cccc(OC)c3)C2)no1. The highest BCUT2D eigenvalue weighted by Crippen LogP contribution is 2.30. The number of methoxy groups -OCH3 is 1. The van der Waals surface area contributed by atoms with Gasteiger partial charge < -0.3 is 19.5 Å². The monoisotopic (exact) mass is 421 g/mol. The first-order valence-corrected chi connectivity index (χ1v) is 10.6. The molecule has 0 saturated carbocycles. The van der Waals surface area contributed by atoms with E-state index in [4.69, 9.17) is 9.26 Å². The molecule has 3 aromatic rings. The van der Waals surface area contributed by atoms with Crippen molar-refractivity contribution in [1.29, 1.82) is 0 Å². The second kappa shape index (κ2) is 9.59. The van der Waals surface area contributed by atoms with E-state index < -0.39 is 0 Å². The van der Waals surface area contributed by atoms with E-state index in [1.54, 1.807) is 13.3 Å². The van der Waals surface area contributed by atoms with Gasteiger partial charge in [-0.1, -0.05) is 24.2 Å². The highest BCUT2D eigenvalue weighted by molar-refractivity contribution is 5.80. The summed E-state index contributed by atoms with van der Waals surface area (Å²) in [7, 11) is 1.64.